The number of hydrogen-bond acceptors (Lipinski definition) is 2. The van der Waals surface area contributed by atoms with Gasteiger partial charge in [-0.3, -0.25) is 0 Å². The summed E-state index contributed by atoms with van der Waals surface area (Å²) in [5.74, 6) is 0.929. The van der Waals surface area contributed by atoms with E-state index in [1.807, 2.05) is 24.4 Å². The Morgan fingerprint density at radius 2 is 2.11 bits per heavy atom. The first-order valence-corrected chi connectivity index (χ1v) is 7.07. The molecule has 2 N–H and O–H groups in total. The lowest BCUT2D eigenvalue weighted by Crippen LogP contribution is -2.25. The van der Waals surface area contributed by atoms with Gasteiger partial charge in [-0.05, 0) is 31.0 Å². The van der Waals surface area contributed by atoms with Gasteiger partial charge in [0, 0.05) is 18.4 Å². The summed E-state index contributed by atoms with van der Waals surface area (Å²) in [4.78, 5) is 7.38. The largest absolute Gasteiger partial charge is 0.347 e. The average molecular weight is 298 g/mol. The number of nitrogens with one attached hydrogen (secondary N) is 2. The van der Waals surface area contributed by atoms with E-state index in [-0.39, 0.29) is 12.1 Å². The van der Waals surface area contributed by atoms with Gasteiger partial charge in [-0.25, -0.2) is 4.98 Å². The van der Waals surface area contributed by atoms with E-state index >= 15 is 0 Å². The molecule has 2 rings (SSSR count). The number of H-pyrrole nitrogens is 1. The summed E-state index contributed by atoms with van der Waals surface area (Å²) < 4.78 is 0. The van der Waals surface area contributed by atoms with Crippen LogP contribution in [0.5, 0.6) is 0 Å². The molecule has 0 aliphatic carbocycles. The van der Waals surface area contributed by atoms with Gasteiger partial charge in [-0.2, -0.15) is 0 Å². The van der Waals surface area contributed by atoms with Crippen molar-refractivity contribution in [1.29, 1.82) is 0 Å². The molecule has 0 bridgehead atoms. The lowest BCUT2D eigenvalue weighted by molar-refractivity contribution is 0.444. The van der Waals surface area contributed by atoms with E-state index in [1.165, 1.54) is 0 Å². The Morgan fingerprint density at radius 3 is 2.68 bits per heavy atom. The molecule has 2 unspecified atom stereocenters. The Kier molecular flexibility index (Phi) is 4.86. The maximum absolute atomic E-state index is 6.07. The molecule has 0 amide bonds. The molecule has 2 aromatic rings. The molecular weight excluding hydrogens is 281 g/mol. The summed E-state index contributed by atoms with van der Waals surface area (Å²) in [5.41, 5.74) is 1.13. The van der Waals surface area contributed by atoms with Crippen LogP contribution in [0.15, 0.2) is 30.6 Å². The summed E-state index contributed by atoms with van der Waals surface area (Å²) in [7, 11) is 0. The molecule has 0 radical (unpaired) electrons. The molecule has 5 heteroatoms. The standard InChI is InChI=1S/C14H17Cl2N3/c1-3-13(10-4-5-11(15)12(16)8-10)19-9(2)14-17-6-7-18-14/h4-9,13,19H,3H2,1-2H3,(H,17,18). The summed E-state index contributed by atoms with van der Waals surface area (Å²) in [5, 5.41) is 4.71. The van der Waals surface area contributed by atoms with Crippen molar-refractivity contribution in [1.82, 2.24) is 15.3 Å². The fraction of sp³-hybridized carbons (Fsp3) is 0.357. The number of halogens is 2. The summed E-state index contributed by atoms with van der Waals surface area (Å²) >= 11 is 12.0. The normalized spacial score (nSPS) is 14.3. The molecule has 3 nitrogen and oxygen atoms in total. The molecule has 19 heavy (non-hydrogen) atoms. The molecule has 1 aromatic carbocycles. The number of hydrogen-bond donors (Lipinski definition) is 2. The van der Waals surface area contributed by atoms with E-state index in [4.69, 9.17) is 23.2 Å². The van der Waals surface area contributed by atoms with Crippen molar-refractivity contribution in [2.45, 2.75) is 32.4 Å². The van der Waals surface area contributed by atoms with E-state index < -0.39 is 0 Å². The second kappa shape index (κ2) is 6.42. The van der Waals surface area contributed by atoms with Gasteiger partial charge in [-0.1, -0.05) is 36.2 Å². The molecule has 0 saturated heterocycles. The summed E-state index contributed by atoms with van der Waals surface area (Å²) in [6.07, 6.45) is 4.55. The summed E-state index contributed by atoms with van der Waals surface area (Å²) in [6, 6.07) is 6.12. The van der Waals surface area contributed by atoms with Crippen LogP contribution >= 0.6 is 23.2 Å². The van der Waals surface area contributed by atoms with E-state index in [1.54, 1.807) is 6.20 Å². The highest BCUT2D eigenvalue weighted by Gasteiger charge is 2.15. The maximum Gasteiger partial charge on any atom is 0.122 e. The third-order valence-electron chi connectivity index (χ3n) is 3.13. The highest BCUT2D eigenvalue weighted by molar-refractivity contribution is 6.42. The van der Waals surface area contributed by atoms with Crippen LogP contribution in [0.25, 0.3) is 0 Å². The van der Waals surface area contributed by atoms with Crippen LogP contribution in [0.3, 0.4) is 0 Å². The average Bonchev–Trinajstić information content (AvgIpc) is 2.93. The van der Waals surface area contributed by atoms with Crippen molar-refractivity contribution in [3.8, 4) is 0 Å². The zero-order chi connectivity index (χ0) is 13.8. The lowest BCUT2D eigenvalue weighted by atomic mass is 10.0. The molecular formula is C14H17Cl2N3. The molecule has 0 aliphatic heterocycles. The van der Waals surface area contributed by atoms with Crippen molar-refractivity contribution < 1.29 is 0 Å². The minimum absolute atomic E-state index is 0.148. The molecule has 0 spiro atoms. The minimum atomic E-state index is 0.148. The van der Waals surface area contributed by atoms with Crippen LogP contribution in [-0.2, 0) is 0 Å². The number of imidazole rings is 1. The van der Waals surface area contributed by atoms with Gasteiger partial charge in [0.2, 0.25) is 0 Å². The third-order valence-corrected chi connectivity index (χ3v) is 3.87. The van der Waals surface area contributed by atoms with Crippen molar-refractivity contribution in [3.05, 3.63) is 52.0 Å². The van der Waals surface area contributed by atoms with Crippen molar-refractivity contribution in [3.63, 3.8) is 0 Å². The molecule has 0 saturated carbocycles. The van der Waals surface area contributed by atoms with Gasteiger partial charge in [0.25, 0.3) is 0 Å². The molecule has 0 fully saturated rings. The fourth-order valence-corrected chi connectivity index (χ4v) is 2.38. The second-order valence-corrected chi connectivity index (χ2v) is 5.31. The van der Waals surface area contributed by atoms with Crippen molar-refractivity contribution in [2.75, 3.05) is 0 Å². The van der Waals surface area contributed by atoms with Gasteiger partial charge in [0.05, 0.1) is 16.1 Å². The van der Waals surface area contributed by atoms with Gasteiger partial charge in [0.1, 0.15) is 5.82 Å². The van der Waals surface area contributed by atoms with Crippen LogP contribution in [0.1, 0.15) is 43.7 Å². The van der Waals surface area contributed by atoms with Crippen LogP contribution in [-0.4, -0.2) is 9.97 Å². The Balaban J connectivity index is 2.13. The van der Waals surface area contributed by atoms with E-state index in [0.717, 1.165) is 17.8 Å². The SMILES string of the molecule is CCC(NC(C)c1ncc[nH]1)c1ccc(Cl)c(Cl)c1. The third kappa shape index (κ3) is 3.50. The van der Waals surface area contributed by atoms with E-state index in [0.29, 0.717) is 10.0 Å². The number of aromatic amines is 1. The number of benzene rings is 1. The van der Waals surface area contributed by atoms with Crippen molar-refractivity contribution in [2.24, 2.45) is 0 Å². The number of nitrogens with zero attached hydrogens (tertiary/aromatic N) is 1. The van der Waals surface area contributed by atoms with E-state index in [2.05, 4.69) is 29.1 Å². The summed E-state index contributed by atoms with van der Waals surface area (Å²) in [6.45, 7) is 4.22. The minimum Gasteiger partial charge on any atom is -0.347 e. The van der Waals surface area contributed by atoms with Crippen LogP contribution in [0, 0.1) is 0 Å². The van der Waals surface area contributed by atoms with Gasteiger partial charge in [0.15, 0.2) is 0 Å². The highest BCUT2D eigenvalue weighted by Crippen LogP contribution is 2.28. The Labute approximate surface area is 123 Å². The maximum atomic E-state index is 6.07. The van der Waals surface area contributed by atoms with Crippen molar-refractivity contribution >= 4 is 23.2 Å². The molecule has 1 aromatic heterocycles. The lowest BCUT2D eigenvalue weighted by Gasteiger charge is -2.22. The zero-order valence-electron chi connectivity index (χ0n) is 11.0. The first-order valence-electron chi connectivity index (χ1n) is 6.32. The molecule has 0 aliphatic rings. The Morgan fingerprint density at radius 1 is 1.32 bits per heavy atom. The Bertz CT molecular complexity index is 525. The molecule has 2 atom stereocenters. The van der Waals surface area contributed by atoms with Gasteiger partial charge >= 0.3 is 0 Å². The number of aromatic nitrogens is 2. The monoisotopic (exact) mass is 297 g/mol. The smallest absolute Gasteiger partial charge is 0.122 e. The van der Waals surface area contributed by atoms with Crippen LogP contribution in [0.4, 0.5) is 0 Å². The quantitative estimate of drug-likeness (QED) is 0.852. The zero-order valence-corrected chi connectivity index (χ0v) is 12.5. The predicted molar refractivity (Wildman–Crippen MR) is 79.6 cm³/mol. The fourth-order valence-electron chi connectivity index (χ4n) is 2.07. The predicted octanol–water partition coefficient (Wildman–Crippen LogP) is 4.52. The first-order chi connectivity index (χ1) is 9.11. The number of rotatable bonds is 5. The topological polar surface area (TPSA) is 40.7 Å². The van der Waals surface area contributed by atoms with Crippen LogP contribution in [0.2, 0.25) is 10.0 Å². The van der Waals surface area contributed by atoms with Gasteiger partial charge < -0.3 is 10.3 Å². The van der Waals surface area contributed by atoms with Gasteiger partial charge in [-0.15, -0.1) is 0 Å². The Hall–Kier alpha value is -1.03. The first kappa shape index (κ1) is 14.4. The second-order valence-electron chi connectivity index (χ2n) is 4.50. The molecule has 1 heterocycles. The van der Waals surface area contributed by atoms with Crippen LogP contribution < -0.4 is 5.32 Å². The molecule has 102 valence electrons. The highest BCUT2D eigenvalue weighted by atomic mass is 35.5. The van der Waals surface area contributed by atoms with E-state index in [9.17, 15) is 0 Å².